The second-order valence-corrected chi connectivity index (χ2v) is 5.38. The van der Waals surface area contributed by atoms with Crippen LogP contribution in [0.2, 0.25) is 0 Å². The number of rotatable bonds is 7. The Hall–Kier alpha value is -0.770. The number of nitrogens with zero attached hydrogens (tertiary/aromatic N) is 2. The lowest BCUT2D eigenvalue weighted by Crippen LogP contribution is -2.41. The van der Waals surface area contributed by atoms with Crippen LogP contribution in [-0.4, -0.2) is 29.5 Å². The van der Waals surface area contributed by atoms with Gasteiger partial charge in [-0.2, -0.15) is 4.98 Å². The fraction of sp³-hybridized carbons (Fsp3) is 0.643. The van der Waals surface area contributed by atoms with Crippen molar-refractivity contribution >= 4 is 21.7 Å². The summed E-state index contributed by atoms with van der Waals surface area (Å²) in [7, 11) is 0. The van der Waals surface area contributed by atoms with Crippen LogP contribution in [0.1, 0.15) is 32.6 Å². The second-order valence-electron chi connectivity index (χ2n) is 4.59. The Morgan fingerprint density at radius 3 is 2.89 bits per heavy atom. The molecule has 0 N–H and O–H groups in total. The van der Waals surface area contributed by atoms with Crippen molar-refractivity contribution in [3.05, 3.63) is 18.2 Å². The van der Waals surface area contributed by atoms with Crippen LogP contribution in [0, 0.1) is 0 Å². The van der Waals surface area contributed by atoms with E-state index in [2.05, 4.69) is 31.9 Å². The highest BCUT2D eigenvalue weighted by molar-refractivity contribution is 9.09. The zero-order valence-electron chi connectivity index (χ0n) is 10.9. The van der Waals surface area contributed by atoms with Gasteiger partial charge in [-0.15, -0.1) is 0 Å². The third kappa shape index (κ3) is 3.37. The summed E-state index contributed by atoms with van der Waals surface area (Å²) in [5.74, 6) is 1.80. The largest absolute Gasteiger partial charge is 0.478 e. The Morgan fingerprint density at radius 2 is 2.28 bits per heavy atom. The minimum atomic E-state index is 0.668. The molecule has 1 aliphatic carbocycles. The van der Waals surface area contributed by atoms with E-state index < -0.39 is 0 Å². The molecule has 0 spiro atoms. The maximum absolute atomic E-state index is 5.49. The van der Waals surface area contributed by atoms with Gasteiger partial charge in [0.15, 0.2) is 0 Å². The lowest BCUT2D eigenvalue weighted by atomic mass is 9.91. The molecule has 0 unspecified atom stereocenters. The normalized spacial score (nSPS) is 15.2. The third-order valence-electron chi connectivity index (χ3n) is 3.34. The molecule has 1 aromatic rings. The predicted molar refractivity (Wildman–Crippen MR) is 78.8 cm³/mol. The number of anilines is 1. The molecule has 0 amide bonds. The van der Waals surface area contributed by atoms with Gasteiger partial charge in [-0.25, -0.2) is 0 Å². The molecule has 1 fully saturated rings. The van der Waals surface area contributed by atoms with Crippen LogP contribution in [-0.2, 0) is 0 Å². The summed E-state index contributed by atoms with van der Waals surface area (Å²) >= 11 is 3.51. The lowest BCUT2D eigenvalue weighted by Gasteiger charge is -2.38. The molecule has 3 nitrogen and oxygen atoms in total. The highest BCUT2D eigenvalue weighted by Gasteiger charge is 2.25. The fourth-order valence-electron chi connectivity index (χ4n) is 2.20. The molecule has 100 valence electrons. The van der Waals surface area contributed by atoms with Gasteiger partial charge in [0, 0.05) is 24.0 Å². The van der Waals surface area contributed by atoms with E-state index in [1.807, 2.05) is 19.1 Å². The topological polar surface area (TPSA) is 25.4 Å². The summed E-state index contributed by atoms with van der Waals surface area (Å²) in [5, 5.41) is 1.04. The number of alkyl halides is 1. The average Bonchev–Trinajstić information content (AvgIpc) is 2.33. The van der Waals surface area contributed by atoms with E-state index in [0.717, 1.165) is 30.0 Å². The zero-order valence-corrected chi connectivity index (χ0v) is 12.5. The zero-order chi connectivity index (χ0) is 12.8. The Kier molecular flexibility index (Phi) is 5.29. The molecule has 18 heavy (non-hydrogen) atoms. The minimum absolute atomic E-state index is 0.668. The van der Waals surface area contributed by atoms with E-state index in [1.165, 1.54) is 19.3 Å². The molecule has 1 aliphatic rings. The van der Waals surface area contributed by atoms with E-state index >= 15 is 0 Å². The van der Waals surface area contributed by atoms with Crippen LogP contribution in [0.5, 0.6) is 5.88 Å². The first kappa shape index (κ1) is 13.7. The Bertz CT molecular complexity index is 369. The van der Waals surface area contributed by atoms with Crippen LogP contribution >= 0.6 is 15.9 Å². The van der Waals surface area contributed by atoms with Crippen LogP contribution in [0.25, 0.3) is 0 Å². The number of halogens is 1. The summed E-state index contributed by atoms with van der Waals surface area (Å²) in [6, 6.07) is 6.73. The van der Waals surface area contributed by atoms with Crippen molar-refractivity contribution < 1.29 is 4.74 Å². The molecule has 1 heterocycles. The standard InChI is InChI=1S/C14H21BrN2O/c1-2-18-14-9-4-8-13(16-14)17(11-5-10-15)12-6-3-7-12/h4,8-9,12H,2-3,5-7,10-11H2,1H3. The maximum atomic E-state index is 5.49. The molecule has 0 aromatic carbocycles. The molecule has 0 bridgehead atoms. The van der Waals surface area contributed by atoms with Crippen LogP contribution in [0.4, 0.5) is 5.82 Å². The smallest absolute Gasteiger partial charge is 0.215 e. The van der Waals surface area contributed by atoms with Gasteiger partial charge in [0.05, 0.1) is 6.61 Å². The first-order valence-electron chi connectivity index (χ1n) is 6.77. The van der Waals surface area contributed by atoms with Gasteiger partial charge in [0.1, 0.15) is 5.82 Å². The van der Waals surface area contributed by atoms with Gasteiger partial charge in [-0.1, -0.05) is 22.0 Å². The predicted octanol–water partition coefficient (Wildman–Crippen LogP) is 3.62. The van der Waals surface area contributed by atoms with Crippen molar-refractivity contribution in [1.29, 1.82) is 0 Å². The van der Waals surface area contributed by atoms with Gasteiger partial charge >= 0.3 is 0 Å². The van der Waals surface area contributed by atoms with Gasteiger partial charge < -0.3 is 9.64 Å². The summed E-state index contributed by atoms with van der Waals surface area (Å²) in [6.45, 7) is 3.72. The Balaban J connectivity index is 2.10. The van der Waals surface area contributed by atoms with Crippen molar-refractivity contribution in [3.63, 3.8) is 0 Å². The first-order chi connectivity index (χ1) is 8.85. The van der Waals surface area contributed by atoms with Crippen molar-refractivity contribution in [3.8, 4) is 5.88 Å². The Labute approximate surface area is 118 Å². The maximum Gasteiger partial charge on any atom is 0.215 e. The second kappa shape index (κ2) is 6.98. The molecule has 4 heteroatoms. The van der Waals surface area contributed by atoms with Crippen LogP contribution in [0.15, 0.2) is 18.2 Å². The fourth-order valence-corrected chi connectivity index (χ4v) is 2.46. The third-order valence-corrected chi connectivity index (χ3v) is 3.90. The van der Waals surface area contributed by atoms with Crippen molar-refractivity contribution in [2.24, 2.45) is 0 Å². The first-order valence-corrected chi connectivity index (χ1v) is 7.89. The summed E-state index contributed by atoms with van der Waals surface area (Å²) in [6.07, 6.45) is 5.09. The van der Waals surface area contributed by atoms with E-state index in [0.29, 0.717) is 12.6 Å². The van der Waals surface area contributed by atoms with Crippen molar-refractivity contribution in [2.45, 2.75) is 38.6 Å². The number of ether oxygens (including phenoxy) is 1. The molecule has 0 radical (unpaired) electrons. The highest BCUT2D eigenvalue weighted by Crippen LogP contribution is 2.29. The summed E-state index contributed by atoms with van der Waals surface area (Å²) in [5.41, 5.74) is 0. The molecule has 0 atom stereocenters. The van der Waals surface area contributed by atoms with E-state index in [1.54, 1.807) is 0 Å². The van der Waals surface area contributed by atoms with E-state index in [4.69, 9.17) is 4.74 Å². The molecule has 2 rings (SSSR count). The van der Waals surface area contributed by atoms with Gasteiger partial charge in [-0.05, 0) is 38.7 Å². The number of hydrogen-bond acceptors (Lipinski definition) is 3. The van der Waals surface area contributed by atoms with Crippen molar-refractivity contribution in [1.82, 2.24) is 4.98 Å². The molecular weight excluding hydrogens is 292 g/mol. The molecule has 1 aromatic heterocycles. The van der Waals surface area contributed by atoms with Gasteiger partial charge in [0.2, 0.25) is 5.88 Å². The molecule has 1 saturated carbocycles. The molecule has 0 aliphatic heterocycles. The van der Waals surface area contributed by atoms with Gasteiger partial charge in [0.25, 0.3) is 0 Å². The number of hydrogen-bond donors (Lipinski definition) is 0. The average molecular weight is 313 g/mol. The lowest BCUT2D eigenvalue weighted by molar-refractivity contribution is 0.325. The minimum Gasteiger partial charge on any atom is -0.478 e. The van der Waals surface area contributed by atoms with E-state index in [-0.39, 0.29) is 0 Å². The quantitative estimate of drug-likeness (QED) is 0.719. The van der Waals surface area contributed by atoms with Crippen LogP contribution in [0.3, 0.4) is 0 Å². The molecular formula is C14H21BrN2O. The number of aromatic nitrogens is 1. The highest BCUT2D eigenvalue weighted by atomic mass is 79.9. The van der Waals surface area contributed by atoms with Gasteiger partial charge in [-0.3, -0.25) is 0 Å². The van der Waals surface area contributed by atoms with Crippen LogP contribution < -0.4 is 9.64 Å². The monoisotopic (exact) mass is 312 g/mol. The van der Waals surface area contributed by atoms with E-state index in [9.17, 15) is 0 Å². The summed E-state index contributed by atoms with van der Waals surface area (Å²) < 4.78 is 5.49. The Morgan fingerprint density at radius 1 is 1.44 bits per heavy atom. The SMILES string of the molecule is CCOc1cccc(N(CCCBr)C2CCC2)n1. The summed E-state index contributed by atoms with van der Waals surface area (Å²) in [4.78, 5) is 7.04. The number of pyridine rings is 1. The van der Waals surface area contributed by atoms with Crippen molar-refractivity contribution in [2.75, 3.05) is 23.4 Å². The molecule has 0 saturated heterocycles.